The maximum Gasteiger partial charge on any atom is 0.409 e. The van der Waals surface area contributed by atoms with E-state index in [1.165, 1.54) is 7.11 Å². The summed E-state index contributed by atoms with van der Waals surface area (Å²) in [6.45, 7) is -0.515. The fourth-order valence-electron chi connectivity index (χ4n) is 3.83. The number of carboxylic acid groups (broad SMARTS) is 1. The van der Waals surface area contributed by atoms with Gasteiger partial charge < -0.3 is 25.2 Å². The van der Waals surface area contributed by atoms with Crippen molar-refractivity contribution >= 4 is 18.0 Å². The number of fused-ring (bicyclic) bond motifs is 3. The number of halogens is 3. The van der Waals surface area contributed by atoms with E-state index in [0.29, 0.717) is 0 Å². The van der Waals surface area contributed by atoms with Crippen molar-refractivity contribution in [3.05, 3.63) is 59.7 Å². The van der Waals surface area contributed by atoms with Crippen molar-refractivity contribution in [1.29, 1.82) is 0 Å². The number of amides is 2. The number of ether oxygens (including phenoxy) is 2. The topological polar surface area (TPSA) is 114 Å². The fraction of sp³-hybridized carbons (Fsp3) is 0.348. The summed E-state index contributed by atoms with van der Waals surface area (Å²) >= 11 is 0. The summed E-state index contributed by atoms with van der Waals surface area (Å²) in [6.07, 6.45) is -7.38. The molecule has 0 heterocycles. The molecule has 1 aliphatic carbocycles. The highest BCUT2D eigenvalue weighted by Gasteiger charge is 2.43. The van der Waals surface area contributed by atoms with E-state index in [0.717, 1.165) is 22.3 Å². The Hall–Kier alpha value is -3.60. The zero-order valence-electron chi connectivity index (χ0n) is 18.1. The Morgan fingerprint density at radius 3 is 2.06 bits per heavy atom. The first kappa shape index (κ1) is 25.0. The minimum atomic E-state index is -4.99. The van der Waals surface area contributed by atoms with E-state index in [1.807, 2.05) is 48.5 Å². The number of aliphatic carboxylic acids is 1. The van der Waals surface area contributed by atoms with Crippen LogP contribution in [0.15, 0.2) is 48.5 Å². The molecule has 3 rings (SSSR count). The van der Waals surface area contributed by atoms with Crippen LogP contribution in [0.25, 0.3) is 11.1 Å². The molecule has 1 aliphatic rings. The van der Waals surface area contributed by atoms with Gasteiger partial charge in [-0.2, -0.15) is 13.2 Å². The van der Waals surface area contributed by atoms with Crippen LogP contribution in [0, 0.1) is 0 Å². The van der Waals surface area contributed by atoms with Crippen LogP contribution in [0.1, 0.15) is 23.5 Å². The molecule has 2 aromatic rings. The Morgan fingerprint density at radius 1 is 1.00 bits per heavy atom. The third kappa shape index (κ3) is 5.84. The van der Waals surface area contributed by atoms with Gasteiger partial charge in [-0.3, -0.25) is 9.59 Å². The summed E-state index contributed by atoms with van der Waals surface area (Å²) in [4.78, 5) is 35.5. The Morgan fingerprint density at radius 2 is 1.56 bits per heavy atom. The lowest BCUT2D eigenvalue weighted by Gasteiger charge is -2.24. The van der Waals surface area contributed by atoms with E-state index in [4.69, 9.17) is 14.6 Å². The van der Waals surface area contributed by atoms with Gasteiger partial charge in [0.1, 0.15) is 18.7 Å². The number of carboxylic acids is 1. The van der Waals surface area contributed by atoms with Crippen molar-refractivity contribution in [3.63, 3.8) is 0 Å². The molecule has 182 valence electrons. The maximum absolute atomic E-state index is 13.1. The second kappa shape index (κ2) is 10.6. The summed E-state index contributed by atoms with van der Waals surface area (Å²) in [5.74, 6) is -3.24. The average molecular weight is 480 g/mol. The maximum atomic E-state index is 13.1. The molecule has 11 heteroatoms. The standard InChI is InChI=1S/C23H23F3N2O6/c1-33-12-18(21(31)28-19(10-20(29)30)23(24,25)26)27-22(32)34-11-17-15-8-4-2-6-13(15)14-7-3-5-9-16(14)17/h2-9,17-19H,10-12H2,1H3,(H,27,32)(H,28,31)(H,29,30). The van der Waals surface area contributed by atoms with E-state index >= 15 is 0 Å². The van der Waals surface area contributed by atoms with Crippen molar-refractivity contribution in [3.8, 4) is 11.1 Å². The van der Waals surface area contributed by atoms with Crippen LogP contribution in [-0.2, 0) is 19.1 Å². The van der Waals surface area contributed by atoms with Crippen molar-refractivity contribution in [2.75, 3.05) is 20.3 Å². The molecule has 0 radical (unpaired) electrons. The van der Waals surface area contributed by atoms with Crippen molar-refractivity contribution in [2.45, 2.75) is 30.6 Å². The normalized spacial score (nSPS) is 14.5. The van der Waals surface area contributed by atoms with E-state index in [-0.39, 0.29) is 12.5 Å². The first-order valence-electron chi connectivity index (χ1n) is 10.3. The monoisotopic (exact) mass is 480 g/mol. The molecule has 34 heavy (non-hydrogen) atoms. The van der Waals surface area contributed by atoms with Crippen LogP contribution >= 0.6 is 0 Å². The van der Waals surface area contributed by atoms with Gasteiger partial charge >= 0.3 is 18.2 Å². The lowest BCUT2D eigenvalue weighted by molar-refractivity contribution is -0.170. The number of nitrogens with one attached hydrogen (secondary N) is 2. The van der Waals surface area contributed by atoms with Crippen LogP contribution in [0.2, 0.25) is 0 Å². The highest BCUT2D eigenvalue weighted by atomic mass is 19.4. The first-order chi connectivity index (χ1) is 16.1. The molecule has 0 saturated heterocycles. The largest absolute Gasteiger partial charge is 0.481 e. The number of carbonyl (C=O) groups is 3. The molecule has 2 aromatic carbocycles. The van der Waals surface area contributed by atoms with Crippen molar-refractivity contribution in [1.82, 2.24) is 10.6 Å². The Bertz CT molecular complexity index is 1010. The minimum absolute atomic E-state index is 0.0641. The van der Waals surface area contributed by atoms with Crippen LogP contribution in [0.3, 0.4) is 0 Å². The van der Waals surface area contributed by atoms with Gasteiger partial charge in [-0.1, -0.05) is 48.5 Å². The zero-order valence-corrected chi connectivity index (χ0v) is 18.1. The summed E-state index contributed by atoms with van der Waals surface area (Å²) in [5, 5.41) is 12.5. The fourth-order valence-corrected chi connectivity index (χ4v) is 3.83. The Kier molecular flexibility index (Phi) is 7.77. The Labute approximate surface area is 193 Å². The highest BCUT2D eigenvalue weighted by molar-refractivity contribution is 5.86. The number of methoxy groups -OCH3 is 1. The lowest BCUT2D eigenvalue weighted by atomic mass is 9.98. The molecule has 0 bridgehead atoms. The Balaban J connectivity index is 1.65. The minimum Gasteiger partial charge on any atom is -0.481 e. The van der Waals surface area contributed by atoms with E-state index in [1.54, 1.807) is 5.32 Å². The van der Waals surface area contributed by atoms with Gasteiger partial charge in [-0.25, -0.2) is 4.79 Å². The number of rotatable bonds is 9. The second-order valence-electron chi connectivity index (χ2n) is 7.68. The molecule has 3 N–H and O–H groups in total. The number of alkyl halides is 3. The van der Waals surface area contributed by atoms with Gasteiger partial charge in [-0.15, -0.1) is 0 Å². The number of benzene rings is 2. The molecule has 8 nitrogen and oxygen atoms in total. The molecule has 0 fully saturated rings. The molecule has 0 saturated carbocycles. The number of hydrogen-bond acceptors (Lipinski definition) is 5. The van der Waals surface area contributed by atoms with Gasteiger partial charge in [-0.05, 0) is 22.3 Å². The van der Waals surface area contributed by atoms with Crippen molar-refractivity contribution < 1.29 is 42.1 Å². The SMILES string of the molecule is COCC(NC(=O)OCC1c2ccccc2-c2ccccc21)C(=O)NC(CC(=O)O)C(F)(F)F. The summed E-state index contributed by atoms with van der Waals surface area (Å²) < 4.78 is 49.3. The number of carbonyl (C=O) groups excluding carboxylic acids is 2. The quantitative estimate of drug-likeness (QED) is 0.509. The molecule has 0 aromatic heterocycles. The predicted octanol–water partition coefficient (Wildman–Crippen LogP) is 3.06. The summed E-state index contributed by atoms with van der Waals surface area (Å²) in [7, 11) is 1.19. The van der Waals surface area contributed by atoms with Gasteiger partial charge in [0, 0.05) is 13.0 Å². The molecular formula is C23H23F3N2O6. The smallest absolute Gasteiger partial charge is 0.409 e. The number of hydrogen-bond donors (Lipinski definition) is 3. The van der Waals surface area contributed by atoms with E-state index in [2.05, 4.69) is 5.32 Å². The van der Waals surface area contributed by atoms with E-state index in [9.17, 15) is 27.6 Å². The van der Waals surface area contributed by atoms with Gasteiger partial charge in [0.25, 0.3) is 0 Å². The van der Waals surface area contributed by atoms with Crippen LogP contribution in [0.4, 0.5) is 18.0 Å². The first-order valence-corrected chi connectivity index (χ1v) is 10.3. The molecule has 2 unspecified atom stereocenters. The molecule has 2 atom stereocenters. The van der Waals surface area contributed by atoms with Gasteiger partial charge in [0.2, 0.25) is 5.91 Å². The van der Waals surface area contributed by atoms with Gasteiger partial charge in [0.15, 0.2) is 0 Å². The van der Waals surface area contributed by atoms with Gasteiger partial charge in [0.05, 0.1) is 13.0 Å². The second-order valence-corrected chi connectivity index (χ2v) is 7.68. The lowest BCUT2D eigenvalue weighted by Crippen LogP contribution is -2.55. The van der Waals surface area contributed by atoms with Crippen LogP contribution < -0.4 is 10.6 Å². The van der Waals surface area contributed by atoms with Crippen LogP contribution in [-0.4, -0.2) is 61.7 Å². The predicted molar refractivity (Wildman–Crippen MR) is 114 cm³/mol. The van der Waals surface area contributed by atoms with Crippen molar-refractivity contribution in [2.24, 2.45) is 0 Å². The average Bonchev–Trinajstić information content (AvgIpc) is 3.10. The highest BCUT2D eigenvalue weighted by Crippen LogP contribution is 2.44. The third-order valence-electron chi connectivity index (χ3n) is 5.38. The summed E-state index contributed by atoms with van der Waals surface area (Å²) in [5.41, 5.74) is 3.95. The van der Waals surface area contributed by atoms with E-state index < -0.39 is 49.3 Å². The van der Waals surface area contributed by atoms with Crippen LogP contribution in [0.5, 0.6) is 0 Å². The number of alkyl carbamates (subject to hydrolysis) is 1. The third-order valence-corrected chi connectivity index (χ3v) is 5.38. The molecule has 0 aliphatic heterocycles. The molecule has 0 spiro atoms. The zero-order chi connectivity index (χ0) is 24.9. The molecular weight excluding hydrogens is 457 g/mol. The molecule has 2 amide bonds. The summed E-state index contributed by atoms with van der Waals surface area (Å²) in [6, 6.07) is 11.1.